The summed E-state index contributed by atoms with van der Waals surface area (Å²) in [5.41, 5.74) is 1.85. The van der Waals surface area contributed by atoms with Gasteiger partial charge in [0.2, 0.25) is 17.7 Å². The highest BCUT2D eigenvalue weighted by atomic mass is 16.2. The SMILES string of the molecule is CC(=O)N[C@H]1C[C@@H](C(=O)N(C)C)N(C(=O)CCn2ncc3ccccc32)[C@H]1c1ccccc1. The summed E-state index contributed by atoms with van der Waals surface area (Å²) in [6.07, 6.45) is 2.35. The zero-order chi connectivity index (χ0) is 23.5. The van der Waals surface area contributed by atoms with Gasteiger partial charge < -0.3 is 15.1 Å². The number of carbonyl (C=O) groups excluding carboxylic acids is 3. The van der Waals surface area contributed by atoms with Crippen LogP contribution in [0, 0.1) is 0 Å². The number of benzene rings is 2. The van der Waals surface area contributed by atoms with Crippen LogP contribution >= 0.6 is 0 Å². The van der Waals surface area contributed by atoms with E-state index in [9.17, 15) is 14.4 Å². The molecule has 1 fully saturated rings. The summed E-state index contributed by atoms with van der Waals surface area (Å²) in [5.74, 6) is -0.479. The summed E-state index contributed by atoms with van der Waals surface area (Å²) in [6.45, 7) is 1.86. The lowest BCUT2D eigenvalue weighted by Gasteiger charge is -2.32. The predicted molar refractivity (Wildman–Crippen MR) is 125 cm³/mol. The Labute approximate surface area is 193 Å². The quantitative estimate of drug-likeness (QED) is 0.628. The molecule has 0 spiro atoms. The maximum atomic E-state index is 13.6. The van der Waals surface area contributed by atoms with E-state index in [1.165, 1.54) is 11.8 Å². The third kappa shape index (κ3) is 4.60. The summed E-state index contributed by atoms with van der Waals surface area (Å²) in [5, 5.41) is 8.41. The zero-order valence-corrected chi connectivity index (χ0v) is 19.1. The number of para-hydroxylation sites is 1. The second-order valence-corrected chi connectivity index (χ2v) is 8.62. The molecule has 8 heteroatoms. The van der Waals surface area contributed by atoms with Crippen molar-refractivity contribution in [2.24, 2.45) is 0 Å². The van der Waals surface area contributed by atoms with Crippen LogP contribution < -0.4 is 5.32 Å². The van der Waals surface area contributed by atoms with Crippen molar-refractivity contribution in [3.63, 3.8) is 0 Å². The summed E-state index contributed by atoms with van der Waals surface area (Å²) >= 11 is 0. The van der Waals surface area contributed by atoms with Crippen molar-refractivity contribution in [2.75, 3.05) is 14.1 Å². The topological polar surface area (TPSA) is 87.5 Å². The molecule has 1 aromatic heterocycles. The van der Waals surface area contributed by atoms with Crippen molar-refractivity contribution in [3.8, 4) is 0 Å². The maximum Gasteiger partial charge on any atom is 0.244 e. The maximum absolute atomic E-state index is 13.6. The van der Waals surface area contributed by atoms with E-state index in [0.717, 1.165) is 16.5 Å². The van der Waals surface area contributed by atoms with Gasteiger partial charge in [0.15, 0.2) is 0 Å². The van der Waals surface area contributed by atoms with Crippen LogP contribution in [-0.4, -0.2) is 63.5 Å². The minimum atomic E-state index is -0.649. The predicted octanol–water partition coefficient (Wildman–Crippen LogP) is 2.36. The molecule has 172 valence electrons. The van der Waals surface area contributed by atoms with E-state index in [0.29, 0.717) is 13.0 Å². The second-order valence-electron chi connectivity index (χ2n) is 8.62. The van der Waals surface area contributed by atoms with E-state index in [2.05, 4.69) is 10.4 Å². The van der Waals surface area contributed by atoms with Gasteiger partial charge in [-0.3, -0.25) is 19.1 Å². The molecule has 8 nitrogen and oxygen atoms in total. The van der Waals surface area contributed by atoms with Gasteiger partial charge in [-0.15, -0.1) is 0 Å². The molecule has 3 atom stereocenters. The second kappa shape index (κ2) is 9.44. The molecule has 0 unspecified atom stereocenters. The third-order valence-corrected chi connectivity index (χ3v) is 6.13. The molecule has 1 N–H and O–H groups in total. The Kier molecular flexibility index (Phi) is 6.44. The first-order valence-electron chi connectivity index (χ1n) is 11.1. The van der Waals surface area contributed by atoms with Gasteiger partial charge in [-0.1, -0.05) is 48.5 Å². The van der Waals surface area contributed by atoms with Crippen molar-refractivity contribution in [1.29, 1.82) is 0 Å². The van der Waals surface area contributed by atoms with Gasteiger partial charge in [-0.2, -0.15) is 5.10 Å². The van der Waals surface area contributed by atoms with Gasteiger partial charge >= 0.3 is 0 Å². The van der Waals surface area contributed by atoms with Gasteiger partial charge in [0.1, 0.15) is 6.04 Å². The summed E-state index contributed by atoms with van der Waals surface area (Å²) < 4.78 is 1.81. The highest BCUT2D eigenvalue weighted by Gasteiger charge is 2.48. The molecule has 33 heavy (non-hydrogen) atoms. The molecule has 0 radical (unpaired) electrons. The number of nitrogens with one attached hydrogen (secondary N) is 1. The van der Waals surface area contributed by atoms with Crippen molar-refractivity contribution >= 4 is 28.6 Å². The molecule has 0 saturated carbocycles. The number of carbonyl (C=O) groups is 3. The number of rotatable bonds is 6. The van der Waals surface area contributed by atoms with Crippen molar-refractivity contribution in [2.45, 2.75) is 44.4 Å². The smallest absolute Gasteiger partial charge is 0.244 e. The third-order valence-electron chi connectivity index (χ3n) is 6.13. The van der Waals surface area contributed by atoms with E-state index in [-0.39, 0.29) is 30.2 Å². The molecule has 0 bridgehead atoms. The van der Waals surface area contributed by atoms with E-state index in [1.807, 2.05) is 59.3 Å². The lowest BCUT2D eigenvalue weighted by molar-refractivity contribution is -0.144. The summed E-state index contributed by atoms with van der Waals surface area (Å²) in [7, 11) is 3.37. The molecular formula is C25H29N5O3. The normalized spacial score (nSPS) is 20.1. The first-order chi connectivity index (χ1) is 15.9. The Morgan fingerprint density at radius 3 is 2.45 bits per heavy atom. The Morgan fingerprint density at radius 1 is 1.06 bits per heavy atom. The first kappa shape index (κ1) is 22.5. The van der Waals surface area contributed by atoms with Crippen molar-refractivity contribution < 1.29 is 14.4 Å². The highest BCUT2D eigenvalue weighted by molar-refractivity contribution is 5.89. The Balaban J connectivity index is 1.65. The van der Waals surface area contributed by atoms with E-state index in [1.54, 1.807) is 25.2 Å². The van der Waals surface area contributed by atoms with Gasteiger partial charge in [0.25, 0.3) is 0 Å². The molecule has 1 aliphatic heterocycles. The van der Waals surface area contributed by atoms with Crippen LogP contribution in [0.1, 0.15) is 31.4 Å². The molecule has 3 aromatic rings. The molecule has 1 saturated heterocycles. The minimum absolute atomic E-state index is 0.142. The number of nitrogens with zero attached hydrogens (tertiary/aromatic N) is 4. The van der Waals surface area contributed by atoms with Gasteiger partial charge in [0, 0.05) is 32.8 Å². The van der Waals surface area contributed by atoms with E-state index < -0.39 is 12.1 Å². The average Bonchev–Trinajstić information content (AvgIpc) is 3.38. The van der Waals surface area contributed by atoms with Crippen LogP contribution in [0.4, 0.5) is 0 Å². The summed E-state index contributed by atoms with van der Waals surface area (Å²) in [4.78, 5) is 41.8. The lowest BCUT2D eigenvalue weighted by Crippen LogP contribution is -2.47. The van der Waals surface area contributed by atoms with Crippen LogP contribution in [0.15, 0.2) is 60.8 Å². The molecule has 2 heterocycles. The Morgan fingerprint density at radius 2 is 1.76 bits per heavy atom. The summed E-state index contributed by atoms with van der Waals surface area (Å²) in [6, 6.07) is 16.0. The Bertz CT molecular complexity index is 1160. The number of amides is 3. The van der Waals surface area contributed by atoms with Gasteiger partial charge in [-0.05, 0) is 18.1 Å². The molecule has 3 amide bonds. The number of hydrogen-bond donors (Lipinski definition) is 1. The van der Waals surface area contributed by atoms with Crippen LogP contribution in [-0.2, 0) is 20.9 Å². The van der Waals surface area contributed by atoms with Crippen molar-refractivity contribution in [1.82, 2.24) is 24.9 Å². The number of hydrogen-bond acceptors (Lipinski definition) is 4. The molecular weight excluding hydrogens is 418 g/mol. The number of likely N-dealkylation sites (tertiary alicyclic amines) is 1. The minimum Gasteiger partial charge on any atom is -0.351 e. The van der Waals surface area contributed by atoms with E-state index >= 15 is 0 Å². The van der Waals surface area contributed by atoms with Crippen LogP contribution in [0.3, 0.4) is 0 Å². The molecule has 1 aliphatic rings. The average molecular weight is 448 g/mol. The van der Waals surface area contributed by atoms with Gasteiger partial charge in [0.05, 0.1) is 30.3 Å². The Hall–Kier alpha value is -3.68. The van der Waals surface area contributed by atoms with E-state index in [4.69, 9.17) is 0 Å². The molecule has 2 aromatic carbocycles. The van der Waals surface area contributed by atoms with Crippen LogP contribution in [0.2, 0.25) is 0 Å². The molecule has 4 rings (SSSR count). The number of fused-ring (bicyclic) bond motifs is 1. The van der Waals surface area contributed by atoms with Gasteiger partial charge in [-0.25, -0.2) is 0 Å². The zero-order valence-electron chi connectivity index (χ0n) is 19.1. The standard InChI is InChI=1S/C25H29N5O3/c1-17(31)27-20-15-22(25(33)28(2)3)30(24(20)18-9-5-4-6-10-18)23(32)13-14-29-21-12-8-7-11-19(21)16-26-29/h4-12,16,20,22,24H,13-15H2,1-3H3,(H,27,31)/t20-,22-,24-/m0/s1. The fourth-order valence-corrected chi connectivity index (χ4v) is 4.69. The first-order valence-corrected chi connectivity index (χ1v) is 11.1. The fourth-order valence-electron chi connectivity index (χ4n) is 4.69. The van der Waals surface area contributed by atoms with Crippen LogP contribution in [0.5, 0.6) is 0 Å². The highest BCUT2D eigenvalue weighted by Crippen LogP contribution is 2.38. The number of likely N-dealkylation sites (N-methyl/N-ethyl adjacent to an activating group) is 1. The molecule has 0 aliphatic carbocycles. The largest absolute Gasteiger partial charge is 0.351 e. The van der Waals surface area contributed by atoms with Crippen molar-refractivity contribution in [3.05, 3.63) is 66.4 Å². The number of aryl methyl sites for hydroxylation is 1. The number of aromatic nitrogens is 2. The monoisotopic (exact) mass is 447 g/mol. The lowest BCUT2D eigenvalue weighted by atomic mass is 9.99. The van der Waals surface area contributed by atoms with Crippen LogP contribution in [0.25, 0.3) is 10.9 Å². The fraction of sp³-hybridized carbons (Fsp3) is 0.360.